The molecule has 0 N–H and O–H groups in total. The van der Waals surface area contributed by atoms with Crippen molar-refractivity contribution in [3.05, 3.63) is 15.5 Å². The average molecular weight is 316 g/mol. The van der Waals surface area contributed by atoms with Crippen molar-refractivity contribution in [1.82, 2.24) is 9.78 Å². The molecule has 0 spiro atoms. The van der Waals surface area contributed by atoms with E-state index in [4.69, 9.17) is 0 Å². The van der Waals surface area contributed by atoms with Gasteiger partial charge in [-0.1, -0.05) is 0 Å². The van der Waals surface area contributed by atoms with Crippen LogP contribution in [0.4, 0.5) is 13.2 Å². The van der Waals surface area contributed by atoms with Gasteiger partial charge in [0.1, 0.15) is 6.54 Å². The first kappa shape index (κ1) is 10.3. The van der Waals surface area contributed by atoms with E-state index in [0.29, 0.717) is 5.92 Å². The minimum absolute atomic E-state index is 0.399. The Balaban J connectivity index is 2.15. The lowest BCUT2D eigenvalue weighted by Gasteiger charge is -2.05. The Hall–Kier alpha value is -0.270. The van der Waals surface area contributed by atoms with E-state index in [-0.39, 0.29) is 0 Å². The van der Waals surface area contributed by atoms with Crippen LogP contribution < -0.4 is 0 Å². The van der Waals surface area contributed by atoms with E-state index in [2.05, 4.69) is 5.10 Å². The second-order valence-corrected chi connectivity index (χ2v) is 4.61. The molecule has 0 unspecified atom stereocenters. The fourth-order valence-corrected chi connectivity index (χ4v) is 2.18. The second-order valence-electron chi connectivity index (χ2n) is 3.45. The predicted molar refractivity (Wildman–Crippen MR) is 53.0 cm³/mol. The lowest BCUT2D eigenvalue weighted by molar-refractivity contribution is -0.142. The van der Waals surface area contributed by atoms with Gasteiger partial charge >= 0.3 is 6.18 Å². The largest absolute Gasteiger partial charge is 0.408 e. The molecule has 0 radical (unpaired) electrons. The van der Waals surface area contributed by atoms with Gasteiger partial charge in [0.2, 0.25) is 0 Å². The van der Waals surface area contributed by atoms with Crippen molar-refractivity contribution in [2.75, 3.05) is 0 Å². The Morgan fingerprint density at radius 1 is 1.50 bits per heavy atom. The van der Waals surface area contributed by atoms with Gasteiger partial charge in [-0.3, -0.25) is 4.68 Å². The number of hydrogen-bond acceptors (Lipinski definition) is 1. The summed E-state index contributed by atoms with van der Waals surface area (Å²) in [6.07, 6.45) is -0.615. The van der Waals surface area contributed by atoms with E-state index in [1.807, 2.05) is 22.6 Å². The molecule has 1 fully saturated rings. The molecule has 2 rings (SSSR count). The summed E-state index contributed by atoms with van der Waals surface area (Å²) in [4.78, 5) is 0. The average Bonchev–Trinajstić information content (AvgIpc) is 2.75. The number of halogens is 4. The van der Waals surface area contributed by atoms with Crippen molar-refractivity contribution in [3.63, 3.8) is 0 Å². The Kier molecular flexibility index (Phi) is 2.48. The van der Waals surface area contributed by atoms with E-state index in [9.17, 15) is 13.2 Å². The number of hydrogen-bond donors (Lipinski definition) is 0. The highest BCUT2D eigenvalue weighted by atomic mass is 127. The molecular formula is C8H8F3IN2. The van der Waals surface area contributed by atoms with Gasteiger partial charge in [0, 0.05) is 12.1 Å². The minimum atomic E-state index is -4.18. The van der Waals surface area contributed by atoms with Gasteiger partial charge in [-0.2, -0.15) is 18.3 Å². The first-order valence-corrected chi connectivity index (χ1v) is 5.33. The second kappa shape index (κ2) is 3.39. The summed E-state index contributed by atoms with van der Waals surface area (Å²) in [5, 5.41) is 3.95. The summed E-state index contributed by atoms with van der Waals surface area (Å²) >= 11 is 2.04. The lowest BCUT2D eigenvalue weighted by Crippen LogP contribution is -2.18. The Morgan fingerprint density at radius 2 is 2.14 bits per heavy atom. The minimum Gasteiger partial charge on any atom is -0.262 e. The maximum atomic E-state index is 12.0. The van der Waals surface area contributed by atoms with Crippen molar-refractivity contribution < 1.29 is 13.2 Å². The van der Waals surface area contributed by atoms with Gasteiger partial charge in [-0.15, -0.1) is 0 Å². The maximum absolute atomic E-state index is 12.0. The van der Waals surface area contributed by atoms with Gasteiger partial charge in [0.05, 0.1) is 9.26 Å². The van der Waals surface area contributed by atoms with Gasteiger partial charge in [0.25, 0.3) is 0 Å². The molecule has 0 aromatic carbocycles. The van der Waals surface area contributed by atoms with Gasteiger partial charge in [-0.25, -0.2) is 0 Å². The van der Waals surface area contributed by atoms with Crippen molar-refractivity contribution in [3.8, 4) is 0 Å². The van der Waals surface area contributed by atoms with Gasteiger partial charge < -0.3 is 0 Å². The molecule has 1 aromatic heterocycles. The van der Waals surface area contributed by atoms with E-state index in [0.717, 1.165) is 26.8 Å². The molecule has 0 aliphatic heterocycles. The zero-order valence-electron chi connectivity index (χ0n) is 7.18. The molecule has 1 heterocycles. The third kappa shape index (κ3) is 2.40. The van der Waals surface area contributed by atoms with Crippen LogP contribution in [0.15, 0.2) is 6.20 Å². The zero-order chi connectivity index (χ0) is 10.3. The molecular weight excluding hydrogens is 308 g/mol. The molecule has 78 valence electrons. The molecule has 2 nitrogen and oxygen atoms in total. The van der Waals surface area contributed by atoms with Crippen LogP contribution in [-0.2, 0) is 6.54 Å². The van der Waals surface area contributed by atoms with Crippen LogP contribution in [0.2, 0.25) is 0 Å². The number of alkyl halides is 3. The fourth-order valence-electron chi connectivity index (χ4n) is 1.31. The SMILES string of the molecule is FC(F)(F)Cn1cc(I)c(C2CC2)n1. The van der Waals surface area contributed by atoms with Crippen molar-refractivity contribution >= 4 is 22.6 Å². The smallest absolute Gasteiger partial charge is 0.262 e. The molecule has 1 aliphatic carbocycles. The summed E-state index contributed by atoms with van der Waals surface area (Å²) in [6.45, 7) is -0.990. The summed E-state index contributed by atoms with van der Waals surface area (Å²) in [5.41, 5.74) is 0.829. The summed E-state index contributed by atoms with van der Waals surface area (Å²) in [6, 6.07) is 0. The number of rotatable bonds is 2. The Morgan fingerprint density at radius 3 is 2.64 bits per heavy atom. The Bertz CT molecular complexity index is 341. The third-order valence-electron chi connectivity index (χ3n) is 2.05. The van der Waals surface area contributed by atoms with E-state index in [1.165, 1.54) is 6.20 Å². The molecule has 1 aliphatic rings. The predicted octanol–water partition coefficient (Wildman–Crippen LogP) is 2.93. The zero-order valence-corrected chi connectivity index (χ0v) is 9.34. The lowest BCUT2D eigenvalue weighted by atomic mass is 10.3. The normalized spacial score (nSPS) is 17.4. The number of aromatic nitrogens is 2. The van der Waals surface area contributed by atoms with Crippen LogP contribution >= 0.6 is 22.6 Å². The van der Waals surface area contributed by atoms with Crippen molar-refractivity contribution in [2.45, 2.75) is 31.5 Å². The maximum Gasteiger partial charge on any atom is 0.408 e. The van der Waals surface area contributed by atoms with Crippen LogP contribution in [0.3, 0.4) is 0 Å². The fraction of sp³-hybridized carbons (Fsp3) is 0.625. The standard InChI is InChI=1S/C8H8F3IN2/c9-8(10,11)4-14-3-6(12)7(13-14)5-1-2-5/h3,5H,1-2,4H2. The molecule has 0 amide bonds. The van der Waals surface area contributed by atoms with Crippen LogP contribution in [0.5, 0.6) is 0 Å². The molecule has 1 saturated carbocycles. The van der Waals surface area contributed by atoms with Gasteiger partial charge in [-0.05, 0) is 35.4 Å². The third-order valence-corrected chi connectivity index (χ3v) is 2.88. The highest BCUT2D eigenvalue weighted by Crippen LogP contribution is 2.41. The summed E-state index contributed by atoms with van der Waals surface area (Å²) in [7, 11) is 0. The summed E-state index contributed by atoms with van der Waals surface area (Å²) in [5.74, 6) is 0.399. The molecule has 6 heteroatoms. The van der Waals surface area contributed by atoms with Crippen LogP contribution in [-0.4, -0.2) is 16.0 Å². The highest BCUT2D eigenvalue weighted by molar-refractivity contribution is 14.1. The van der Waals surface area contributed by atoms with E-state index >= 15 is 0 Å². The molecule has 0 saturated heterocycles. The van der Waals surface area contributed by atoms with Crippen molar-refractivity contribution in [2.24, 2.45) is 0 Å². The molecule has 0 atom stereocenters. The first-order valence-electron chi connectivity index (χ1n) is 4.25. The van der Waals surface area contributed by atoms with Crippen LogP contribution in [0.1, 0.15) is 24.5 Å². The van der Waals surface area contributed by atoms with Gasteiger partial charge in [0.15, 0.2) is 0 Å². The molecule has 0 bridgehead atoms. The Labute approximate surface area is 92.6 Å². The quantitative estimate of drug-likeness (QED) is 0.767. The number of nitrogens with zero attached hydrogens (tertiary/aromatic N) is 2. The monoisotopic (exact) mass is 316 g/mol. The van der Waals surface area contributed by atoms with Crippen LogP contribution in [0, 0.1) is 3.57 Å². The first-order chi connectivity index (χ1) is 6.46. The van der Waals surface area contributed by atoms with E-state index in [1.54, 1.807) is 0 Å². The highest BCUT2D eigenvalue weighted by Gasteiger charge is 2.32. The molecule has 1 aromatic rings. The molecule has 14 heavy (non-hydrogen) atoms. The summed E-state index contributed by atoms with van der Waals surface area (Å²) < 4.78 is 37.9. The van der Waals surface area contributed by atoms with Crippen molar-refractivity contribution in [1.29, 1.82) is 0 Å². The van der Waals surface area contributed by atoms with E-state index < -0.39 is 12.7 Å². The van der Waals surface area contributed by atoms with Crippen LogP contribution in [0.25, 0.3) is 0 Å². The topological polar surface area (TPSA) is 17.8 Å².